The van der Waals surface area contributed by atoms with E-state index in [4.69, 9.17) is 0 Å². The molecule has 2 nitrogen and oxygen atoms in total. The van der Waals surface area contributed by atoms with Gasteiger partial charge >= 0.3 is 6.18 Å². The highest BCUT2D eigenvalue weighted by Gasteiger charge is 2.33. The van der Waals surface area contributed by atoms with Gasteiger partial charge in [-0.05, 0) is 32.2 Å². The third-order valence-electron chi connectivity index (χ3n) is 2.63. The van der Waals surface area contributed by atoms with E-state index in [9.17, 15) is 18.3 Å². The van der Waals surface area contributed by atoms with Crippen molar-refractivity contribution in [2.24, 2.45) is 5.92 Å². The molecule has 0 aromatic heterocycles. The predicted molar refractivity (Wildman–Crippen MR) is 46.9 cm³/mol. The van der Waals surface area contributed by atoms with Crippen LogP contribution in [-0.4, -0.2) is 41.9 Å². The van der Waals surface area contributed by atoms with Gasteiger partial charge in [0.1, 0.15) is 0 Å². The lowest BCUT2D eigenvalue weighted by atomic mass is 9.93. The van der Waals surface area contributed by atoms with Crippen molar-refractivity contribution in [2.45, 2.75) is 32.0 Å². The zero-order valence-corrected chi connectivity index (χ0v) is 8.22. The Bertz CT molecular complexity index is 181. The highest BCUT2D eigenvalue weighted by Crippen LogP contribution is 2.23. The van der Waals surface area contributed by atoms with Crippen LogP contribution in [0, 0.1) is 5.92 Å². The molecular weight excluding hydrogens is 195 g/mol. The second-order valence-electron chi connectivity index (χ2n) is 3.99. The molecule has 1 saturated heterocycles. The fraction of sp³-hybridized carbons (Fsp3) is 1.00. The summed E-state index contributed by atoms with van der Waals surface area (Å²) >= 11 is 0. The minimum absolute atomic E-state index is 0.00824. The smallest absolute Gasteiger partial charge is 0.393 e. The van der Waals surface area contributed by atoms with Gasteiger partial charge in [0.15, 0.2) is 0 Å². The van der Waals surface area contributed by atoms with Crippen LogP contribution >= 0.6 is 0 Å². The Hall–Kier alpha value is -0.290. The first-order valence-electron chi connectivity index (χ1n) is 4.85. The average Bonchev–Trinajstić information content (AvgIpc) is 2.01. The van der Waals surface area contributed by atoms with Crippen LogP contribution in [0.3, 0.4) is 0 Å². The fourth-order valence-electron chi connectivity index (χ4n) is 1.88. The molecule has 2 atom stereocenters. The summed E-state index contributed by atoms with van der Waals surface area (Å²) in [6.07, 6.45) is -3.07. The molecule has 84 valence electrons. The Balaban J connectivity index is 2.40. The van der Waals surface area contributed by atoms with Crippen molar-refractivity contribution in [3.8, 4) is 0 Å². The van der Waals surface area contributed by atoms with Gasteiger partial charge in [0.05, 0.1) is 12.6 Å². The minimum Gasteiger partial charge on any atom is -0.393 e. The summed E-state index contributed by atoms with van der Waals surface area (Å²) in [4.78, 5) is 1.38. The quantitative estimate of drug-likeness (QED) is 0.750. The van der Waals surface area contributed by atoms with Gasteiger partial charge in [-0.3, -0.25) is 4.90 Å². The van der Waals surface area contributed by atoms with Crippen LogP contribution in [-0.2, 0) is 0 Å². The second kappa shape index (κ2) is 4.49. The van der Waals surface area contributed by atoms with E-state index in [1.54, 1.807) is 6.92 Å². The maximum Gasteiger partial charge on any atom is 0.401 e. The van der Waals surface area contributed by atoms with Crippen molar-refractivity contribution in [1.29, 1.82) is 0 Å². The summed E-state index contributed by atoms with van der Waals surface area (Å²) in [7, 11) is 0. The van der Waals surface area contributed by atoms with E-state index >= 15 is 0 Å². The van der Waals surface area contributed by atoms with Crippen LogP contribution in [0.4, 0.5) is 13.2 Å². The molecule has 5 heteroatoms. The van der Waals surface area contributed by atoms with E-state index in [-0.39, 0.29) is 5.92 Å². The van der Waals surface area contributed by atoms with Crippen molar-refractivity contribution in [3.63, 3.8) is 0 Å². The Labute approximate surface area is 81.7 Å². The molecule has 1 aliphatic rings. The first kappa shape index (κ1) is 11.8. The number of aliphatic hydroxyl groups is 1. The van der Waals surface area contributed by atoms with Crippen molar-refractivity contribution in [3.05, 3.63) is 0 Å². The van der Waals surface area contributed by atoms with Crippen LogP contribution in [0.5, 0.6) is 0 Å². The van der Waals surface area contributed by atoms with Crippen LogP contribution in [0.1, 0.15) is 19.8 Å². The Morgan fingerprint density at radius 1 is 1.50 bits per heavy atom. The van der Waals surface area contributed by atoms with Crippen molar-refractivity contribution in [2.75, 3.05) is 19.6 Å². The van der Waals surface area contributed by atoms with Crippen molar-refractivity contribution >= 4 is 0 Å². The molecule has 0 bridgehead atoms. The summed E-state index contributed by atoms with van der Waals surface area (Å²) in [5.41, 5.74) is 0. The second-order valence-corrected chi connectivity index (χ2v) is 3.99. The molecule has 0 radical (unpaired) electrons. The van der Waals surface area contributed by atoms with Crippen LogP contribution < -0.4 is 0 Å². The lowest BCUT2D eigenvalue weighted by molar-refractivity contribution is -0.151. The first-order valence-corrected chi connectivity index (χ1v) is 4.85. The molecule has 0 amide bonds. The molecule has 1 fully saturated rings. The molecule has 0 aromatic carbocycles. The topological polar surface area (TPSA) is 23.5 Å². The number of rotatable bonds is 2. The van der Waals surface area contributed by atoms with Crippen LogP contribution in [0.2, 0.25) is 0 Å². The number of nitrogens with zero attached hydrogens (tertiary/aromatic N) is 1. The van der Waals surface area contributed by atoms with Crippen LogP contribution in [0.15, 0.2) is 0 Å². The number of aliphatic hydroxyl groups excluding tert-OH is 1. The normalized spacial score (nSPS) is 27.6. The van der Waals surface area contributed by atoms with E-state index in [2.05, 4.69) is 0 Å². The van der Waals surface area contributed by atoms with Crippen molar-refractivity contribution in [1.82, 2.24) is 4.90 Å². The SMILES string of the molecule is CC(O)C1CCCN(CC(F)(F)F)C1. The maximum atomic E-state index is 12.1. The zero-order valence-electron chi connectivity index (χ0n) is 8.22. The molecular formula is C9H16F3NO. The Kier molecular flexibility index (Phi) is 3.78. The number of piperidine rings is 1. The Morgan fingerprint density at radius 3 is 2.64 bits per heavy atom. The lowest BCUT2D eigenvalue weighted by Gasteiger charge is -2.34. The number of halogens is 3. The van der Waals surface area contributed by atoms with Gasteiger partial charge in [0.25, 0.3) is 0 Å². The molecule has 2 unspecified atom stereocenters. The number of hydrogen-bond donors (Lipinski definition) is 1. The minimum atomic E-state index is -4.12. The monoisotopic (exact) mass is 211 g/mol. The van der Waals surface area contributed by atoms with Gasteiger partial charge in [-0.25, -0.2) is 0 Å². The fourth-order valence-corrected chi connectivity index (χ4v) is 1.88. The van der Waals surface area contributed by atoms with Gasteiger partial charge in [0.2, 0.25) is 0 Å². The van der Waals surface area contributed by atoms with E-state index in [1.165, 1.54) is 4.90 Å². The first-order chi connectivity index (χ1) is 6.38. The molecule has 1 N–H and O–H groups in total. The largest absolute Gasteiger partial charge is 0.401 e. The van der Waals surface area contributed by atoms with Gasteiger partial charge < -0.3 is 5.11 Å². The summed E-state index contributed by atoms with van der Waals surface area (Å²) < 4.78 is 36.2. The summed E-state index contributed by atoms with van der Waals surface area (Å²) in [6, 6.07) is 0. The lowest BCUT2D eigenvalue weighted by Crippen LogP contribution is -2.43. The zero-order chi connectivity index (χ0) is 10.8. The summed E-state index contributed by atoms with van der Waals surface area (Å²) in [5.74, 6) is -0.00824. The Morgan fingerprint density at radius 2 is 2.14 bits per heavy atom. The average molecular weight is 211 g/mol. The molecule has 0 spiro atoms. The van der Waals surface area contributed by atoms with E-state index < -0.39 is 18.8 Å². The third kappa shape index (κ3) is 3.84. The highest BCUT2D eigenvalue weighted by molar-refractivity contribution is 4.77. The molecule has 0 saturated carbocycles. The standard InChI is InChI=1S/C9H16F3NO/c1-7(14)8-3-2-4-13(5-8)6-9(10,11)12/h7-8,14H,2-6H2,1H3. The van der Waals surface area contributed by atoms with Crippen molar-refractivity contribution < 1.29 is 18.3 Å². The number of alkyl halides is 3. The number of hydrogen-bond acceptors (Lipinski definition) is 2. The van der Waals surface area contributed by atoms with E-state index in [1.807, 2.05) is 0 Å². The van der Waals surface area contributed by atoms with Gasteiger partial charge in [-0.1, -0.05) is 0 Å². The highest BCUT2D eigenvalue weighted by atomic mass is 19.4. The summed E-state index contributed by atoms with van der Waals surface area (Å²) in [6.45, 7) is 1.64. The molecule has 0 aliphatic carbocycles. The van der Waals surface area contributed by atoms with E-state index in [0.29, 0.717) is 13.1 Å². The van der Waals surface area contributed by atoms with Gasteiger partial charge in [-0.15, -0.1) is 0 Å². The molecule has 0 aromatic rings. The maximum absolute atomic E-state index is 12.1. The molecule has 14 heavy (non-hydrogen) atoms. The predicted octanol–water partition coefficient (Wildman–Crippen LogP) is 1.64. The molecule has 1 rings (SSSR count). The van der Waals surface area contributed by atoms with Gasteiger partial charge in [0, 0.05) is 6.54 Å². The third-order valence-corrected chi connectivity index (χ3v) is 2.63. The summed E-state index contributed by atoms with van der Waals surface area (Å²) in [5, 5.41) is 9.29. The molecule has 1 heterocycles. The van der Waals surface area contributed by atoms with Gasteiger partial charge in [-0.2, -0.15) is 13.2 Å². The van der Waals surface area contributed by atoms with Crippen LogP contribution in [0.25, 0.3) is 0 Å². The van der Waals surface area contributed by atoms with E-state index in [0.717, 1.165) is 12.8 Å². The number of likely N-dealkylation sites (tertiary alicyclic amines) is 1. The molecule has 1 aliphatic heterocycles.